The van der Waals surface area contributed by atoms with E-state index < -0.39 is 0 Å². The van der Waals surface area contributed by atoms with E-state index in [1.807, 2.05) is 0 Å². The van der Waals surface area contributed by atoms with Crippen LogP contribution in [0.25, 0.3) is 0 Å². The van der Waals surface area contributed by atoms with Crippen molar-refractivity contribution in [3.05, 3.63) is 35.9 Å². The van der Waals surface area contributed by atoms with Crippen LogP contribution in [0.2, 0.25) is 0 Å². The molecule has 0 spiro atoms. The molecule has 5 unspecified atom stereocenters. The quantitative estimate of drug-likeness (QED) is 0.847. The van der Waals surface area contributed by atoms with Gasteiger partial charge in [-0.05, 0) is 48.0 Å². The van der Waals surface area contributed by atoms with E-state index in [0.29, 0.717) is 23.6 Å². The minimum absolute atomic E-state index is 0.0922. The van der Waals surface area contributed by atoms with Crippen molar-refractivity contribution >= 4 is 17.5 Å². The lowest BCUT2D eigenvalue weighted by Crippen LogP contribution is -2.39. The molecule has 0 aromatic heterocycles. The van der Waals surface area contributed by atoms with Gasteiger partial charge < -0.3 is 5.73 Å². The van der Waals surface area contributed by atoms with E-state index in [0.717, 1.165) is 19.3 Å². The molecule has 4 aliphatic carbocycles. The maximum atomic E-state index is 12.0. The van der Waals surface area contributed by atoms with E-state index in [2.05, 4.69) is 30.3 Å². The average molecular weight is 276 g/mol. The van der Waals surface area contributed by atoms with Gasteiger partial charge in [0.25, 0.3) is 0 Å². The highest BCUT2D eigenvalue weighted by molar-refractivity contribution is 6.18. The first kappa shape index (κ1) is 11.8. The third-order valence-electron chi connectivity index (χ3n) is 6.27. The Labute approximate surface area is 118 Å². The van der Waals surface area contributed by atoms with Gasteiger partial charge in [0.2, 0.25) is 5.91 Å². The zero-order valence-electron chi connectivity index (χ0n) is 10.8. The molecule has 19 heavy (non-hydrogen) atoms. The Balaban J connectivity index is 1.85. The molecule has 0 aliphatic heterocycles. The number of carbonyl (C=O) groups is 1. The fourth-order valence-corrected chi connectivity index (χ4v) is 6.07. The van der Waals surface area contributed by atoms with Gasteiger partial charge in [-0.25, -0.2) is 0 Å². The molecule has 100 valence electrons. The Morgan fingerprint density at radius 3 is 2.58 bits per heavy atom. The SMILES string of the molecule is NC(=O)C12CC3C(CCl)C1CC3(c1ccccc1)C2. The molecule has 5 atom stereocenters. The minimum Gasteiger partial charge on any atom is -0.369 e. The van der Waals surface area contributed by atoms with Gasteiger partial charge in [-0.15, -0.1) is 11.6 Å². The molecular weight excluding hydrogens is 258 g/mol. The summed E-state index contributed by atoms with van der Waals surface area (Å²) in [6.07, 6.45) is 3.00. The van der Waals surface area contributed by atoms with Crippen LogP contribution in [0.3, 0.4) is 0 Å². The molecule has 1 aromatic rings. The van der Waals surface area contributed by atoms with Crippen molar-refractivity contribution in [3.8, 4) is 0 Å². The summed E-state index contributed by atoms with van der Waals surface area (Å²) in [7, 11) is 0. The summed E-state index contributed by atoms with van der Waals surface area (Å²) in [5.41, 5.74) is 7.05. The monoisotopic (exact) mass is 275 g/mol. The van der Waals surface area contributed by atoms with E-state index in [4.69, 9.17) is 17.3 Å². The lowest BCUT2D eigenvalue weighted by atomic mass is 9.72. The fourth-order valence-electron chi connectivity index (χ4n) is 5.64. The van der Waals surface area contributed by atoms with Crippen molar-refractivity contribution in [1.29, 1.82) is 0 Å². The van der Waals surface area contributed by atoms with Crippen LogP contribution in [0, 0.1) is 23.2 Å². The number of hydrogen-bond donors (Lipinski definition) is 1. The van der Waals surface area contributed by atoms with Crippen LogP contribution < -0.4 is 5.73 Å². The molecule has 2 N–H and O–H groups in total. The topological polar surface area (TPSA) is 43.1 Å². The third-order valence-corrected chi connectivity index (χ3v) is 6.63. The molecule has 3 heteroatoms. The number of carbonyl (C=O) groups excluding carboxylic acids is 1. The minimum atomic E-state index is -0.264. The number of halogens is 1. The van der Waals surface area contributed by atoms with E-state index in [1.54, 1.807) is 0 Å². The Bertz CT molecular complexity index is 545. The van der Waals surface area contributed by atoms with Crippen molar-refractivity contribution in [2.24, 2.45) is 28.9 Å². The first-order valence-electron chi connectivity index (χ1n) is 7.05. The predicted molar refractivity (Wildman–Crippen MR) is 74.8 cm³/mol. The summed E-state index contributed by atoms with van der Waals surface area (Å²) in [5.74, 6) is 2.00. The summed E-state index contributed by atoms with van der Waals surface area (Å²) >= 11 is 6.19. The van der Waals surface area contributed by atoms with Gasteiger partial charge in [0.15, 0.2) is 0 Å². The third kappa shape index (κ3) is 1.17. The highest BCUT2D eigenvalue weighted by Crippen LogP contribution is 2.78. The Morgan fingerprint density at radius 2 is 2.00 bits per heavy atom. The standard InChI is InChI=1S/C16H18ClNO/c17-8-11-12-7-16(14(18)19)9-15(12,6-13(11)16)10-4-2-1-3-5-10/h1-5,11-13H,6-9H2,(H2,18,19). The van der Waals surface area contributed by atoms with Crippen molar-refractivity contribution in [2.45, 2.75) is 24.7 Å². The molecule has 4 bridgehead atoms. The Hall–Kier alpha value is -1.02. The number of amides is 1. The lowest BCUT2D eigenvalue weighted by molar-refractivity contribution is -0.128. The number of rotatable bonds is 3. The van der Waals surface area contributed by atoms with Crippen molar-refractivity contribution in [2.75, 3.05) is 5.88 Å². The van der Waals surface area contributed by atoms with Crippen LogP contribution >= 0.6 is 11.6 Å². The molecule has 4 aliphatic rings. The second-order valence-electron chi connectivity index (χ2n) is 6.66. The summed E-state index contributed by atoms with van der Waals surface area (Å²) in [6, 6.07) is 10.7. The number of alkyl halides is 1. The smallest absolute Gasteiger partial charge is 0.223 e. The van der Waals surface area contributed by atoms with Crippen molar-refractivity contribution in [3.63, 3.8) is 0 Å². The van der Waals surface area contributed by atoms with Gasteiger partial charge in [0.05, 0.1) is 5.41 Å². The average Bonchev–Trinajstić information content (AvgIpc) is 3.10. The predicted octanol–water partition coefficient (Wildman–Crippen LogP) is 2.69. The van der Waals surface area contributed by atoms with Crippen LogP contribution in [-0.2, 0) is 10.2 Å². The molecule has 2 nitrogen and oxygen atoms in total. The van der Waals surface area contributed by atoms with E-state index in [-0.39, 0.29) is 16.7 Å². The second-order valence-corrected chi connectivity index (χ2v) is 6.97. The largest absolute Gasteiger partial charge is 0.369 e. The van der Waals surface area contributed by atoms with Crippen LogP contribution in [-0.4, -0.2) is 11.8 Å². The van der Waals surface area contributed by atoms with Gasteiger partial charge in [-0.3, -0.25) is 4.79 Å². The Morgan fingerprint density at radius 1 is 1.26 bits per heavy atom. The number of primary amides is 1. The molecule has 1 aromatic carbocycles. The number of hydrogen-bond acceptors (Lipinski definition) is 1. The first-order valence-corrected chi connectivity index (χ1v) is 7.59. The van der Waals surface area contributed by atoms with Crippen molar-refractivity contribution in [1.82, 2.24) is 0 Å². The molecule has 4 fully saturated rings. The van der Waals surface area contributed by atoms with Gasteiger partial charge in [-0.2, -0.15) is 0 Å². The highest BCUT2D eigenvalue weighted by Gasteiger charge is 2.76. The van der Waals surface area contributed by atoms with E-state index >= 15 is 0 Å². The maximum Gasteiger partial charge on any atom is 0.223 e. The van der Waals surface area contributed by atoms with Gasteiger partial charge in [-0.1, -0.05) is 30.3 Å². The van der Waals surface area contributed by atoms with Gasteiger partial charge in [0.1, 0.15) is 0 Å². The summed E-state index contributed by atoms with van der Waals surface area (Å²) in [5, 5.41) is 0. The van der Waals surface area contributed by atoms with Crippen molar-refractivity contribution < 1.29 is 4.79 Å². The number of benzene rings is 1. The maximum absolute atomic E-state index is 12.0. The van der Waals surface area contributed by atoms with Crippen LogP contribution in [0.1, 0.15) is 24.8 Å². The molecule has 0 radical (unpaired) electrons. The molecule has 1 amide bonds. The Kier molecular flexibility index (Phi) is 2.20. The van der Waals surface area contributed by atoms with Crippen LogP contribution in [0.15, 0.2) is 30.3 Å². The molecule has 4 saturated carbocycles. The van der Waals surface area contributed by atoms with Crippen LogP contribution in [0.5, 0.6) is 0 Å². The molecule has 5 rings (SSSR count). The van der Waals surface area contributed by atoms with E-state index in [1.165, 1.54) is 5.56 Å². The summed E-state index contributed by atoms with van der Waals surface area (Å²) in [6.45, 7) is 0. The number of nitrogens with two attached hydrogens (primary N) is 1. The summed E-state index contributed by atoms with van der Waals surface area (Å²) in [4.78, 5) is 12.0. The molecule has 0 heterocycles. The first-order chi connectivity index (χ1) is 9.14. The molecule has 0 saturated heterocycles. The normalized spacial score (nSPS) is 46.1. The van der Waals surface area contributed by atoms with Gasteiger partial charge >= 0.3 is 0 Å². The highest BCUT2D eigenvalue weighted by atomic mass is 35.5. The second kappa shape index (κ2) is 3.54. The van der Waals surface area contributed by atoms with E-state index in [9.17, 15) is 4.79 Å². The summed E-state index contributed by atoms with van der Waals surface area (Å²) < 4.78 is 0. The fraction of sp³-hybridized carbons (Fsp3) is 0.562. The zero-order valence-corrected chi connectivity index (χ0v) is 11.6. The van der Waals surface area contributed by atoms with Crippen LogP contribution in [0.4, 0.5) is 0 Å². The lowest BCUT2D eigenvalue weighted by Gasteiger charge is -2.33. The zero-order chi connectivity index (χ0) is 13.3. The molecular formula is C16H18ClNO. The van der Waals surface area contributed by atoms with Gasteiger partial charge in [0, 0.05) is 5.88 Å².